The second-order valence-corrected chi connectivity index (χ2v) is 6.07. The Labute approximate surface area is 155 Å². The number of hydrogen-bond acceptors (Lipinski definition) is 6. The summed E-state index contributed by atoms with van der Waals surface area (Å²) in [6, 6.07) is 6.32. The third-order valence-corrected chi connectivity index (χ3v) is 4.12. The molecule has 0 saturated carbocycles. The van der Waals surface area contributed by atoms with Gasteiger partial charge >= 0.3 is 5.97 Å². The number of anilines is 1. The molecule has 1 fully saturated rings. The van der Waals surface area contributed by atoms with E-state index in [0.717, 1.165) is 0 Å². The normalized spacial score (nSPS) is 15.4. The first-order valence-electron chi connectivity index (χ1n) is 8.38. The van der Waals surface area contributed by atoms with Crippen LogP contribution < -0.4 is 11.1 Å². The number of amides is 2. The average molecular weight is 378 g/mol. The molecule has 0 aliphatic carbocycles. The molecule has 0 spiro atoms. The van der Waals surface area contributed by atoms with Crippen LogP contribution in [-0.4, -0.2) is 64.6 Å². The van der Waals surface area contributed by atoms with E-state index in [1.807, 2.05) is 0 Å². The van der Waals surface area contributed by atoms with Crippen molar-refractivity contribution in [3.05, 3.63) is 29.8 Å². The largest absolute Gasteiger partial charge is 0.480 e. The molecule has 0 aromatic heterocycles. The van der Waals surface area contributed by atoms with Crippen LogP contribution in [0, 0.1) is 0 Å². The summed E-state index contributed by atoms with van der Waals surface area (Å²) in [5.74, 6) is -1.80. The second kappa shape index (κ2) is 9.53. The summed E-state index contributed by atoms with van der Waals surface area (Å²) >= 11 is 0. The number of nitrogens with one attached hydrogen (secondary N) is 1. The van der Waals surface area contributed by atoms with Gasteiger partial charge in [-0.2, -0.15) is 0 Å². The number of benzene rings is 1. The molecule has 2 rings (SSSR count). The summed E-state index contributed by atoms with van der Waals surface area (Å²) in [6.45, 7) is 0.491. The topological polar surface area (TPSA) is 155 Å². The summed E-state index contributed by atoms with van der Waals surface area (Å²) < 4.78 is 5.22. The first-order valence-corrected chi connectivity index (χ1v) is 8.38. The van der Waals surface area contributed by atoms with Gasteiger partial charge in [-0.05, 0) is 37.1 Å². The van der Waals surface area contributed by atoms with Crippen molar-refractivity contribution in [3.8, 4) is 0 Å². The number of oxime groups is 1. The highest BCUT2D eigenvalue weighted by molar-refractivity contribution is 6.04. The van der Waals surface area contributed by atoms with Gasteiger partial charge in [0.15, 0.2) is 5.84 Å². The van der Waals surface area contributed by atoms with Crippen LogP contribution in [0.1, 0.15) is 24.8 Å². The van der Waals surface area contributed by atoms with Crippen LogP contribution in [0.4, 0.5) is 5.69 Å². The third kappa shape index (κ3) is 6.26. The van der Waals surface area contributed by atoms with Gasteiger partial charge in [0.2, 0.25) is 11.8 Å². The SMILES string of the molecule is N/C(=N\O)c1ccc(NC(=O)CC(=O)N2CCC(OCC(=O)O)CC2)cc1. The molecular weight excluding hydrogens is 356 g/mol. The number of carboxylic acids is 1. The van der Waals surface area contributed by atoms with Gasteiger partial charge in [-0.1, -0.05) is 5.16 Å². The molecule has 146 valence electrons. The highest BCUT2D eigenvalue weighted by atomic mass is 16.5. The number of nitrogens with zero attached hydrogens (tertiary/aromatic N) is 2. The number of likely N-dealkylation sites (tertiary alicyclic amines) is 1. The van der Waals surface area contributed by atoms with Gasteiger partial charge in [0.1, 0.15) is 13.0 Å². The molecule has 0 unspecified atom stereocenters. The summed E-state index contributed by atoms with van der Waals surface area (Å²) in [7, 11) is 0. The van der Waals surface area contributed by atoms with Crippen molar-refractivity contribution in [2.75, 3.05) is 25.0 Å². The molecule has 5 N–H and O–H groups in total. The minimum absolute atomic E-state index is 0.0428. The van der Waals surface area contributed by atoms with Gasteiger partial charge in [0.25, 0.3) is 0 Å². The predicted octanol–water partition coefficient (Wildman–Crippen LogP) is 0.202. The Morgan fingerprint density at radius 3 is 2.41 bits per heavy atom. The van der Waals surface area contributed by atoms with E-state index < -0.39 is 11.9 Å². The highest BCUT2D eigenvalue weighted by Gasteiger charge is 2.25. The van der Waals surface area contributed by atoms with Gasteiger partial charge in [-0.25, -0.2) is 4.79 Å². The smallest absolute Gasteiger partial charge is 0.329 e. The molecular formula is C17H22N4O6. The lowest BCUT2D eigenvalue weighted by Gasteiger charge is -2.31. The Bertz CT molecular complexity index is 711. The van der Waals surface area contributed by atoms with E-state index in [1.54, 1.807) is 29.2 Å². The Balaban J connectivity index is 1.77. The van der Waals surface area contributed by atoms with Crippen LogP contribution in [0.15, 0.2) is 29.4 Å². The van der Waals surface area contributed by atoms with E-state index in [4.69, 9.17) is 20.8 Å². The van der Waals surface area contributed by atoms with Gasteiger partial charge in [0.05, 0.1) is 6.10 Å². The molecule has 1 aromatic rings. The van der Waals surface area contributed by atoms with Crippen molar-refractivity contribution in [1.29, 1.82) is 0 Å². The maximum absolute atomic E-state index is 12.2. The summed E-state index contributed by atoms with van der Waals surface area (Å²) in [6.07, 6.45) is 0.599. The van der Waals surface area contributed by atoms with Gasteiger partial charge < -0.3 is 31.0 Å². The van der Waals surface area contributed by atoms with E-state index >= 15 is 0 Å². The zero-order valence-corrected chi connectivity index (χ0v) is 14.6. The summed E-state index contributed by atoms with van der Waals surface area (Å²) in [5, 5.41) is 22.7. The molecule has 1 aromatic carbocycles. The van der Waals surface area contributed by atoms with Crippen molar-refractivity contribution in [2.45, 2.75) is 25.4 Å². The maximum atomic E-state index is 12.2. The monoisotopic (exact) mass is 378 g/mol. The number of amidine groups is 1. The minimum atomic E-state index is -1.02. The van der Waals surface area contributed by atoms with Crippen molar-refractivity contribution in [1.82, 2.24) is 4.90 Å². The van der Waals surface area contributed by atoms with Crippen LogP contribution in [-0.2, 0) is 19.1 Å². The number of nitrogens with two attached hydrogens (primary N) is 1. The minimum Gasteiger partial charge on any atom is -0.480 e. The molecule has 10 nitrogen and oxygen atoms in total. The van der Waals surface area contributed by atoms with Crippen LogP contribution in [0.2, 0.25) is 0 Å². The number of carboxylic acid groups (broad SMARTS) is 1. The van der Waals surface area contributed by atoms with Crippen molar-refractivity contribution in [3.63, 3.8) is 0 Å². The van der Waals surface area contributed by atoms with Gasteiger partial charge in [0, 0.05) is 24.3 Å². The molecule has 1 heterocycles. The Kier molecular flexibility index (Phi) is 7.12. The molecule has 2 amide bonds. The Hall–Kier alpha value is -3.14. The second-order valence-electron chi connectivity index (χ2n) is 6.07. The van der Waals surface area contributed by atoms with E-state index in [9.17, 15) is 14.4 Å². The van der Waals surface area contributed by atoms with Crippen LogP contribution in [0.5, 0.6) is 0 Å². The number of aliphatic carboxylic acids is 1. The fraction of sp³-hybridized carbons (Fsp3) is 0.412. The summed E-state index contributed by atoms with van der Waals surface area (Å²) in [4.78, 5) is 36.3. The van der Waals surface area contributed by atoms with Crippen molar-refractivity contribution in [2.24, 2.45) is 10.9 Å². The molecule has 1 saturated heterocycles. The van der Waals surface area contributed by atoms with Crippen molar-refractivity contribution < 1.29 is 29.4 Å². The fourth-order valence-corrected chi connectivity index (χ4v) is 2.70. The van der Waals surface area contributed by atoms with Gasteiger partial charge in [-0.3, -0.25) is 9.59 Å². The van der Waals surface area contributed by atoms with Crippen LogP contribution in [0.3, 0.4) is 0 Å². The number of ether oxygens (including phenoxy) is 1. The lowest BCUT2D eigenvalue weighted by atomic mass is 10.1. The first kappa shape index (κ1) is 20.2. The Morgan fingerprint density at radius 2 is 1.85 bits per heavy atom. The number of hydrogen-bond donors (Lipinski definition) is 4. The third-order valence-electron chi connectivity index (χ3n) is 4.12. The molecule has 27 heavy (non-hydrogen) atoms. The van der Waals surface area contributed by atoms with E-state index in [2.05, 4.69) is 10.5 Å². The van der Waals surface area contributed by atoms with E-state index in [1.165, 1.54) is 0 Å². The summed E-state index contributed by atoms with van der Waals surface area (Å²) in [5.41, 5.74) is 6.45. The van der Waals surface area contributed by atoms with Gasteiger partial charge in [-0.15, -0.1) is 0 Å². The predicted molar refractivity (Wildman–Crippen MR) is 95.4 cm³/mol. The number of piperidine rings is 1. The van der Waals surface area contributed by atoms with Crippen LogP contribution >= 0.6 is 0 Å². The molecule has 10 heteroatoms. The molecule has 0 atom stereocenters. The first-order chi connectivity index (χ1) is 12.9. The molecule has 0 bridgehead atoms. The Morgan fingerprint density at radius 1 is 1.22 bits per heavy atom. The highest BCUT2D eigenvalue weighted by Crippen LogP contribution is 2.15. The molecule has 0 radical (unpaired) electrons. The lowest BCUT2D eigenvalue weighted by molar-refractivity contribution is -0.147. The van der Waals surface area contributed by atoms with Crippen molar-refractivity contribution >= 4 is 29.3 Å². The maximum Gasteiger partial charge on any atom is 0.329 e. The zero-order chi connectivity index (χ0) is 19.8. The van der Waals surface area contributed by atoms with Crippen LogP contribution in [0.25, 0.3) is 0 Å². The standard InChI is InChI=1S/C17H22N4O6/c18-17(20-26)11-1-3-12(4-2-11)19-14(22)9-15(23)21-7-5-13(6-8-21)27-10-16(24)25/h1-4,13,26H,5-10H2,(H2,18,20)(H,19,22)(H,24,25). The molecule has 1 aliphatic heterocycles. The van der Waals surface area contributed by atoms with E-state index in [0.29, 0.717) is 37.2 Å². The average Bonchev–Trinajstić information content (AvgIpc) is 2.66. The van der Waals surface area contributed by atoms with E-state index in [-0.39, 0.29) is 30.9 Å². The zero-order valence-electron chi connectivity index (χ0n) is 14.6. The number of rotatable bonds is 7. The number of carbonyl (C=O) groups is 3. The molecule has 1 aliphatic rings. The number of carbonyl (C=O) groups excluding carboxylic acids is 2. The lowest BCUT2D eigenvalue weighted by Crippen LogP contribution is -2.42. The quantitative estimate of drug-likeness (QED) is 0.174. The fourth-order valence-electron chi connectivity index (χ4n) is 2.70.